The summed E-state index contributed by atoms with van der Waals surface area (Å²) in [5.41, 5.74) is 4.66. The smallest absolute Gasteiger partial charge is 0.261 e. The molecule has 0 aromatic heterocycles. The Morgan fingerprint density at radius 3 is 2.66 bits per heavy atom. The first-order valence-electron chi connectivity index (χ1n) is 12.0. The van der Waals surface area contributed by atoms with Gasteiger partial charge in [-0.05, 0) is 67.9 Å². The average molecular weight is 435 g/mol. The molecule has 0 bridgehead atoms. The maximum atomic E-state index is 13.2. The molecule has 170 valence electrons. The van der Waals surface area contributed by atoms with E-state index < -0.39 is 6.10 Å². The van der Waals surface area contributed by atoms with Gasteiger partial charge >= 0.3 is 0 Å². The first kappa shape index (κ1) is 22.4. The number of hydrogen-bond acceptors (Lipinski definition) is 3. The van der Waals surface area contributed by atoms with Crippen LogP contribution in [0.4, 0.5) is 0 Å². The fourth-order valence-corrected chi connectivity index (χ4v) is 4.52. The molecule has 2 atom stereocenters. The zero-order valence-corrected chi connectivity index (χ0v) is 19.4. The van der Waals surface area contributed by atoms with E-state index in [1.807, 2.05) is 26.0 Å². The van der Waals surface area contributed by atoms with Crippen LogP contribution < -0.4 is 10.1 Å². The van der Waals surface area contributed by atoms with E-state index in [-0.39, 0.29) is 23.8 Å². The second kappa shape index (κ2) is 9.76. The van der Waals surface area contributed by atoms with Crippen molar-refractivity contribution >= 4 is 11.8 Å². The van der Waals surface area contributed by atoms with E-state index in [2.05, 4.69) is 47.5 Å². The number of ether oxygens (including phenoxy) is 1. The highest BCUT2D eigenvalue weighted by Gasteiger charge is 2.39. The van der Waals surface area contributed by atoms with E-state index in [0.717, 1.165) is 43.4 Å². The van der Waals surface area contributed by atoms with Gasteiger partial charge in [0.15, 0.2) is 6.10 Å². The van der Waals surface area contributed by atoms with Crippen molar-refractivity contribution in [2.45, 2.75) is 65.0 Å². The second-order valence-electron chi connectivity index (χ2n) is 9.04. The number of nitrogens with one attached hydrogen (secondary N) is 1. The molecule has 2 aromatic rings. The number of carbonyl (C=O) groups excluding carboxylic acids is 2. The van der Waals surface area contributed by atoms with Crippen molar-refractivity contribution < 1.29 is 14.3 Å². The van der Waals surface area contributed by atoms with Crippen LogP contribution in [0.5, 0.6) is 5.75 Å². The highest BCUT2D eigenvalue weighted by Crippen LogP contribution is 2.41. The SMILES string of the molecule is CCCNC(=O)[C@@H](CC)Oc1ccc2c(c1)[C@H](c1cccc(C)c1)N(C(=O)C1CC1)CC2. The number of nitrogens with zero attached hydrogens (tertiary/aromatic N) is 1. The van der Waals surface area contributed by atoms with Crippen LogP contribution in [0.2, 0.25) is 0 Å². The molecule has 32 heavy (non-hydrogen) atoms. The van der Waals surface area contributed by atoms with Gasteiger partial charge in [-0.3, -0.25) is 9.59 Å². The molecule has 2 aliphatic rings. The molecule has 0 radical (unpaired) electrons. The van der Waals surface area contributed by atoms with Crippen molar-refractivity contribution in [1.82, 2.24) is 10.2 Å². The summed E-state index contributed by atoms with van der Waals surface area (Å²) in [6.07, 6.45) is 3.80. The molecule has 1 aliphatic heterocycles. The van der Waals surface area contributed by atoms with Gasteiger partial charge in [0, 0.05) is 19.0 Å². The number of fused-ring (bicyclic) bond motifs is 1. The third kappa shape index (κ3) is 4.82. The summed E-state index contributed by atoms with van der Waals surface area (Å²) in [6.45, 7) is 7.46. The van der Waals surface area contributed by atoms with Crippen molar-refractivity contribution in [2.24, 2.45) is 5.92 Å². The largest absolute Gasteiger partial charge is 0.481 e. The van der Waals surface area contributed by atoms with E-state index in [0.29, 0.717) is 18.7 Å². The summed E-state index contributed by atoms with van der Waals surface area (Å²) >= 11 is 0. The highest BCUT2D eigenvalue weighted by molar-refractivity contribution is 5.82. The fraction of sp³-hybridized carbons (Fsp3) is 0.481. The molecular formula is C27H34N2O3. The van der Waals surface area contributed by atoms with E-state index in [1.165, 1.54) is 11.1 Å². The Labute approximate surface area is 191 Å². The summed E-state index contributed by atoms with van der Waals surface area (Å²) in [7, 11) is 0. The van der Waals surface area contributed by atoms with Crippen LogP contribution >= 0.6 is 0 Å². The second-order valence-corrected chi connectivity index (χ2v) is 9.04. The molecule has 2 aromatic carbocycles. The Morgan fingerprint density at radius 1 is 1.16 bits per heavy atom. The van der Waals surface area contributed by atoms with Crippen molar-refractivity contribution in [3.8, 4) is 5.75 Å². The minimum Gasteiger partial charge on any atom is -0.481 e. The number of hydrogen-bond donors (Lipinski definition) is 1. The third-order valence-corrected chi connectivity index (χ3v) is 6.40. The summed E-state index contributed by atoms with van der Waals surface area (Å²) in [5, 5.41) is 2.93. The Bertz CT molecular complexity index is 983. The fourth-order valence-electron chi connectivity index (χ4n) is 4.52. The zero-order valence-electron chi connectivity index (χ0n) is 19.4. The minimum atomic E-state index is -0.523. The summed E-state index contributed by atoms with van der Waals surface area (Å²) in [6, 6.07) is 14.4. The van der Waals surface area contributed by atoms with Gasteiger partial charge in [0.2, 0.25) is 5.91 Å². The normalized spacial score (nSPS) is 18.6. The Morgan fingerprint density at radius 2 is 1.97 bits per heavy atom. The average Bonchev–Trinajstić information content (AvgIpc) is 3.65. The van der Waals surface area contributed by atoms with Crippen LogP contribution in [0.3, 0.4) is 0 Å². The van der Waals surface area contributed by atoms with Gasteiger partial charge in [0.25, 0.3) is 5.91 Å². The third-order valence-electron chi connectivity index (χ3n) is 6.40. The standard InChI is InChI=1S/C27H34N2O3/c1-4-14-28-26(30)24(5-2)32-22-12-11-19-13-15-29(27(31)20-9-10-20)25(23(19)17-22)21-8-6-7-18(3)16-21/h6-8,11-12,16-17,20,24-25H,4-5,9-10,13-15H2,1-3H3,(H,28,30)/t24-,25+/m1/s1. The van der Waals surface area contributed by atoms with E-state index in [4.69, 9.17) is 4.74 Å². The van der Waals surface area contributed by atoms with Gasteiger partial charge in [-0.15, -0.1) is 0 Å². The molecule has 1 N–H and O–H groups in total. The molecule has 1 aliphatic carbocycles. The Balaban J connectivity index is 1.67. The van der Waals surface area contributed by atoms with Crippen LogP contribution in [-0.2, 0) is 16.0 Å². The molecule has 0 unspecified atom stereocenters. The topological polar surface area (TPSA) is 58.6 Å². The van der Waals surface area contributed by atoms with Gasteiger partial charge in [-0.25, -0.2) is 0 Å². The number of amides is 2. The maximum Gasteiger partial charge on any atom is 0.261 e. The molecule has 1 saturated carbocycles. The molecule has 0 saturated heterocycles. The lowest BCUT2D eigenvalue weighted by Crippen LogP contribution is -2.41. The van der Waals surface area contributed by atoms with Crippen molar-refractivity contribution in [3.63, 3.8) is 0 Å². The Kier molecular flexibility index (Phi) is 6.83. The molecule has 5 nitrogen and oxygen atoms in total. The van der Waals surface area contributed by atoms with Gasteiger partial charge in [-0.2, -0.15) is 0 Å². The van der Waals surface area contributed by atoms with Crippen LogP contribution in [-0.4, -0.2) is 35.9 Å². The molecule has 0 spiro atoms. The highest BCUT2D eigenvalue weighted by atomic mass is 16.5. The Hall–Kier alpha value is -2.82. The molecule has 2 amide bonds. The van der Waals surface area contributed by atoms with Gasteiger partial charge in [0.1, 0.15) is 5.75 Å². The van der Waals surface area contributed by atoms with Gasteiger partial charge < -0.3 is 15.0 Å². The number of aryl methyl sites for hydroxylation is 1. The van der Waals surface area contributed by atoms with Gasteiger partial charge in [0.05, 0.1) is 6.04 Å². The lowest BCUT2D eigenvalue weighted by atomic mass is 9.87. The number of carbonyl (C=O) groups is 2. The van der Waals surface area contributed by atoms with Crippen molar-refractivity contribution in [1.29, 1.82) is 0 Å². The summed E-state index contributed by atoms with van der Waals surface area (Å²) in [5.74, 6) is 1.04. The van der Waals surface area contributed by atoms with Crippen LogP contribution in [0.25, 0.3) is 0 Å². The maximum absolute atomic E-state index is 13.2. The number of benzene rings is 2. The predicted molar refractivity (Wildman–Crippen MR) is 126 cm³/mol. The monoisotopic (exact) mass is 434 g/mol. The van der Waals surface area contributed by atoms with Crippen molar-refractivity contribution in [2.75, 3.05) is 13.1 Å². The number of rotatable bonds is 8. The quantitative estimate of drug-likeness (QED) is 0.662. The molecule has 5 heteroatoms. The first-order valence-corrected chi connectivity index (χ1v) is 12.0. The first-order chi connectivity index (χ1) is 15.5. The van der Waals surface area contributed by atoms with E-state index >= 15 is 0 Å². The van der Waals surface area contributed by atoms with Gasteiger partial charge in [-0.1, -0.05) is 49.7 Å². The van der Waals surface area contributed by atoms with Crippen molar-refractivity contribution in [3.05, 3.63) is 64.7 Å². The van der Waals surface area contributed by atoms with Crippen LogP contribution in [0.1, 0.15) is 67.8 Å². The predicted octanol–water partition coefficient (Wildman–Crippen LogP) is 4.56. The van der Waals surface area contributed by atoms with Crippen LogP contribution in [0, 0.1) is 12.8 Å². The molecule has 4 rings (SSSR count). The zero-order chi connectivity index (χ0) is 22.7. The van der Waals surface area contributed by atoms with E-state index in [1.54, 1.807) is 0 Å². The summed E-state index contributed by atoms with van der Waals surface area (Å²) < 4.78 is 6.14. The molecular weight excluding hydrogens is 400 g/mol. The minimum absolute atomic E-state index is 0.0761. The lowest BCUT2D eigenvalue weighted by molar-refractivity contribution is -0.134. The lowest BCUT2D eigenvalue weighted by Gasteiger charge is -2.38. The molecule has 1 fully saturated rings. The summed E-state index contributed by atoms with van der Waals surface area (Å²) in [4.78, 5) is 27.7. The molecule has 1 heterocycles. The van der Waals surface area contributed by atoms with Crippen LogP contribution in [0.15, 0.2) is 42.5 Å². The van der Waals surface area contributed by atoms with E-state index in [9.17, 15) is 9.59 Å².